The van der Waals surface area contributed by atoms with Gasteiger partial charge in [0.05, 0.1) is 5.92 Å². The van der Waals surface area contributed by atoms with Crippen LogP contribution in [0.15, 0.2) is 48.5 Å². The molecule has 1 heterocycles. The van der Waals surface area contributed by atoms with E-state index in [-0.39, 0.29) is 18.2 Å². The molecule has 124 valence electrons. The van der Waals surface area contributed by atoms with Crippen LogP contribution in [-0.2, 0) is 9.59 Å². The van der Waals surface area contributed by atoms with Gasteiger partial charge in [-0.25, -0.2) is 0 Å². The summed E-state index contributed by atoms with van der Waals surface area (Å²) < 4.78 is 0. The summed E-state index contributed by atoms with van der Waals surface area (Å²) in [6, 6.07) is 15.5. The first-order valence-corrected chi connectivity index (χ1v) is 8.23. The van der Waals surface area contributed by atoms with Crippen LogP contribution in [0.2, 0.25) is 0 Å². The molecule has 24 heavy (non-hydrogen) atoms. The summed E-state index contributed by atoms with van der Waals surface area (Å²) in [7, 11) is 1.75. The molecule has 0 aliphatic carbocycles. The molecule has 1 unspecified atom stereocenters. The van der Waals surface area contributed by atoms with E-state index in [1.807, 2.05) is 48.5 Å². The fourth-order valence-corrected chi connectivity index (χ4v) is 3.06. The zero-order chi connectivity index (χ0) is 17.3. The maximum absolute atomic E-state index is 12.7. The van der Waals surface area contributed by atoms with Crippen LogP contribution in [0.25, 0.3) is 0 Å². The van der Waals surface area contributed by atoms with Crippen LogP contribution >= 0.6 is 0 Å². The van der Waals surface area contributed by atoms with Gasteiger partial charge in [-0.2, -0.15) is 0 Å². The van der Waals surface area contributed by atoms with Gasteiger partial charge >= 0.3 is 0 Å². The minimum atomic E-state index is -0.449. The fraction of sp³-hybridized carbons (Fsp3) is 0.300. The number of carbonyl (C=O) groups excluding carboxylic acids is 2. The van der Waals surface area contributed by atoms with Crippen molar-refractivity contribution in [2.45, 2.75) is 32.1 Å². The molecule has 2 aromatic rings. The Morgan fingerprint density at radius 1 is 1.12 bits per heavy atom. The maximum Gasteiger partial charge on any atom is 0.232 e. The highest BCUT2D eigenvalue weighted by atomic mass is 16.2. The largest absolute Gasteiger partial charge is 0.326 e. The lowest BCUT2D eigenvalue weighted by Crippen LogP contribution is -2.37. The molecule has 4 nitrogen and oxygen atoms in total. The average Bonchev–Trinajstić information content (AvgIpc) is 2.58. The van der Waals surface area contributed by atoms with Crippen LogP contribution in [0.3, 0.4) is 0 Å². The van der Waals surface area contributed by atoms with Gasteiger partial charge in [-0.1, -0.05) is 44.2 Å². The van der Waals surface area contributed by atoms with E-state index in [1.165, 1.54) is 5.56 Å². The molecule has 2 amide bonds. The molecule has 0 saturated heterocycles. The third kappa shape index (κ3) is 3.04. The number of para-hydroxylation sites is 1. The third-order valence-electron chi connectivity index (χ3n) is 4.59. The first-order chi connectivity index (χ1) is 11.5. The van der Waals surface area contributed by atoms with Gasteiger partial charge < -0.3 is 10.2 Å². The number of benzene rings is 2. The summed E-state index contributed by atoms with van der Waals surface area (Å²) >= 11 is 0. The first-order valence-electron chi connectivity index (χ1n) is 8.23. The quantitative estimate of drug-likeness (QED) is 0.932. The number of nitrogens with one attached hydrogen (secondary N) is 1. The van der Waals surface area contributed by atoms with Crippen molar-refractivity contribution in [2.24, 2.45) is 0 Å². The second-order valence-corrected chi connectivity index (χ2v) is 6.53. The van der Waals surface area contributed by atoms with Gasteiger partial charge in [0.15, 0.2) is 0 Å². The predicted octanol–water partition coefficient (Wildman–Crippen LogP) is 3.90. The molecular weight excluding hydrogens is 300 g/mol. The van der Waals surface area contributed by atoms with Gasteiger partial charge in [-0.05, 0) is 35.2 Å². The van der Waals surface area contributed by atoms with E-state index in [1.54, 1.807) is 11.9 Å². The standard InChI is InChI=1S/C20H22N2O2/c1-13(2)14-8-10-15(11-9-14)21-20(24)17-12-19(23)22(3)18-7-5-4-6-16(17)18/h4-11,13,17H,12H2,1-3H3,(H,21,24). The first kappa shape index (κ1) is 16.2. The van der Waals surface area contributed by atoms with Crippen LogP contribution in [-0.4, -0.2) is 18.9 Å². The lowest BCUT2D eigenvalue weighted by Gasteiger charge is -2.30. The number of amides is 2. The summed E-state index contributed by atoms with van der Waals surface area (Å²) in [4.78, 5) is 26.5. The minimum absolute atomic E-state index is 0.0380. The fourth-order valence-electron chi connectivity index (χ4n) is 3.06. The Balaban J connectivity index is 1.82. The van der Waals surface area contributed by atoms with Gasteiger partial charge in [-0.15, -0.1) is 0 Å². The van der Waals surface area contributed by atoms with E-state index in [2.05, 4.69) is 19.2 Å². The molecule has 0 spiro atoms. The van der Waals surface area contributed by atoms with Gasteiger partial charge in [0, 0.05) is 24.8 Å². The van der Waals surface area contributed by atoms with E-state index in [4.69, 9.17) is 0 Å². The molecule has 1 atom stereocenters. The Labute approximate surface area is 142 Å². The van der Waals surface area contributed by atoms with Crippen LogP contribution in [0.1, 0.15) is 43.2 Å². The third-order valence-corrected chi connectivity index (χ3v) is 4.59. The summed E-state index contributed by atoms with van der Waals surface area (Å²) in [5.41, 5.74) is 3.70. The Bertz CT molecular complexity index is 765. The SMILES string of the molecule is CC(C)c1ccc(NC(=O)C2CC(=O)N(C)c3ccccc32)cc1. The van der Waals surface area contributed by atoms with Crippen molar-refractivity contribution in [1.82, 2.24) is 0 Å². The summed E-state index contributed by atoms with van der Waals surface area (Å²) in [5, 5.41) is 2.94. The molecule has 3 rings (SSSR count). The number of fused-ring (bicyclic) bond motifs is 1. The molecule has 0 fully saturated rings. The second-order valence-electron chi connectivity index (χ2n) is 6.53. The van der Waals surface area contributed by atoms with Gasteiger partial charge in [0.2, 0.25) is 11.8 Å². The highest BCUT2D eigenvalue weighted by Crippen LogP contribution is 2.35. The Morgan fingerprint density at radius 2 is 1.79 bits per heavy atom. The molecule has 0 bridgehead atoms. The molecule has 0 aromatic heterocycles. The number of rotatable bonds is 3. The Kier molecular flexibility index (Phi) is 4.38. The Hall–Kier alpha value is -2.62. The summed E-state index contributed by atoms with van der Waals surface area (Å²) in [6.45, 7) is 4.27. The summed E-state index contributed by atoms with van der Waals surface area (Å²) in [5.74, 6) is -0.173. The number of hydrogen-bond acceptors (Lipinski definition) is 2. The highest BCUT2D eigenvalue weighted by molar-refractivity contribution is 6.05. The van der Waals surface area contributed by atoms with Crippen LogP contribution in [0, 0.1) is 0 Å². The van der Waals surface area contributed by atoms with E-state index in [9.17, 15) is 9.59 Å². The predicted molar refractivity (Wildman–Crippen MR) is 96.4 cm³/mol. The normalized spacial score (nSPS) is 16.9. The number of hydrogen-bond donors (Lipinski definition) is 1. The molecule has 2 aromatic carbocycles. The zero-order valence-electron chi connectivity index (χ0n) is 14.2. The maximum atomic E-state index is 12.7. The van der Waals surface area contributed by atoms with Crippen LogP contribution < -0.4 is 10.2 Å². The van der Waals surface area contributed by atoms with E-state index in [0.29, 0.717) is 5.92 Å². The van der Waals surface area contributed by atoms with Crippen LogP contribution in [0.4, 0.5) is 11.4 Å². The highest BCUT2D eigenvalue weighted by Gasteiger charge is 2.33. The average molecular weight is 322 g/mol. The number of anilines is 2. The van der Waals surface area contributed by atoms with Crippen molar-refractivity contribution < 1.29 is 9.59 Å². The van der Waals surface area contributed by atoms with E-state index in [0.717, 1.165) is 16.9 Å². The lowest BCUT2D eigenvalue weighted by atomic mass is 9.89. The van der Waals surface area contributed by atoms with Crippen LogP contribution in [0.5, 0.6) is 0 Å². The second kappa shape index (κ2) is 6.48. The van der Waals surface area contributed by atoms with Gasteiger partial charge in [-0.3, -0.25) is 9.59 Å². The van der Waals surface area contributed by atoms with Crippen molar-refractivity contribution in [2.75, 3.05) is 17.3 Å². The molecule has 0 radical (unpaired) electrons. The molecule has 1 aliphatic heterocycles. The molecular formula is C20H22N2O2. The van der Waals surface area contributed by atoms with E-state index >= 15 is 0 Å². The monoisotopic (exact) mass is 322 g/mol. The van der Waals surface area contributed by atoms with Gasteiger partial charge in [0.1, 0.15) is 0 Å². The molecule has 0 saturated carbocycles. The molecule has 1 N–H and O–H groups in total. The topological polar surface area (TPSA) is 49.4 Å². The lowest BCUT2D eigenvalue weighted by molar-refractivity contribution is -0.124. The molecule has 4 heteroatoms. The number of carbonyl (C=O) groups is 2. The summed E-state index contributed by atoms with van der Waals surface area (Å²) in [6.07, 6.45) is 0.198. The minimum Gasteiger partial charge on any atom is -0.326 e. The zero-order valence-corrected chi connectivity index (χ0v) is 14.2. The van der Waals surface area contributed by atoms with Crippen molar-refractivity contribution in [3.8, 4) is 0 Å². The molecule has 1 aliphatic rings. The van der Waals surface area contributed by atoms with Crippen molar-refractivity contribution in [3.05, 3.63) is 59.7 Å². The Morgan fingerprint density at radius 3 is 2.46 bits per heavy atom. The van der Waals surface area contributed by atoms with Crippen molar-refractivity contribution in [3.63, 3.8) is 0 Å². The van der Waals surface area contributed by atoms with Gasteiger partial charge in [0.25, 0.3) is 0 Å². The number of nitrogens with zero attached hydrogens (tertiary/aromatic N) is 1. The smallest absolute Gasteiger partial charge is 0.232 e. The van der Waals surface area contributed by atoms with Crippen molar-refractivity contribution in [1.29, 1.82) is 0 Å². The van der Waals surface area contributed by atoms with Crippen molar-refractivity contribution >= 4 is 23.2 Å². The van der Waals surface area contributed by atoms with E-state index < -0.39 is 5.92 Å².